The van der Waals surface area contributed by atoms with Crippen molar-refractivity contribution in [1.82, 2.24) is 4.98 Å². The summed E-state index contributed by atoms with van der Waals surface area (Å²) in [5, 5.41) is 0. The molecule has 3 heteroatoms. The smallest absolute Gasteiger partial charge is 0.227 e. The number of nitrogens with zero attached hydrogens (tertiary/aromatic N) is 1. The predicted molar refractivity (Wildman–Crippen MR) is 47.9 cm³/mol. The van der Waals surface area contributed by atoms with E-state index in [1.807, 2.05) is 6.07 Å². The van der Waals surface area contributed by atoms with Crippen molar-refractivity contribution in [2.24, 2.45) is 0 Å². The van der Waals surface area contributed by atoms with Crippen LogP contribution in [0.25, 0.3) is 0 Å². The van der Waals surface area contributed by atoms with E-state index < -0.39 is 0 Å². The Morgan fingerprint density at radius 2 is 2.36 bits per heavy atom. The third-order valence-corrected chi connectivity index (χ3v) is 2.36. The van der Waals surface area contributed by atoms with E-state index in [0.717, 1.165) is 10.9 Å². The zero-order valence-corrected chi connectivity index (χ0v) is 8.18. The first-order valence-electron chi connectivity index (χ1n) is 3.47. The van der Waals surface area contributed by atoms with Crippen molar-refractivity contribution in [2.75, 3.05) is 7.11 Å². The zero-order valence-electron chi connectivity index (χ0n) is 6.60. The SMILES string of the molecule is CCc1ccnc(OC)c1Br. The second kappa shape index (κ2) is 3.72. The molecule has 0 aliphatic heterocycles. The Morgan fingerprint density at radius 1 is 1.64 bits per heavy atom. The van der Waals surface area contributed by atoms with Gasteiger partial charge in [-0.25, -0.2) is 4.98 Å². The van der Waals surface area contributed by atoms with E-state index in [2.05, 4.69) is 27.8 Å². The lowest BCUT2D eigenvalue weighted by Crippen LogP contribution is -1.91. The second-order valence-electron chi connectivity index (χ2n) is 2.15. The van der Waals surface area contributed by atoms with Gasteiger partial charge in [0.2, 0.25) is 5.88 Å². The largest absolute Gasteiger partial charge is 0.480 e. The van der Waals surface area contributed by atoms with Gasteiger partial charge in [0.1, 0.15) is 0 Å². The van der Waals surface area contributed by atoms with Crippen LogP contribution in [0.4, 0.5) is 0 Å². The minimum absolute atomic E-state index is 0.657. The first-order chi connectivity index (χ1) is 5.29. The average Bonchev–Trinajstić information content (AvgIpc) is 2.05. The highest BCUT2D eigenvalue weighted by Crippen LogP contribution is 2.25. The maximum absolute atomic E-state index is 5.03. The summed E-state index contributed by atoms with van der Waals surface area (Å²) in [7, 11) is 1.62. The molecule has 1 aromatic heterocycles. The lowest BCUT2D eigenvalue weighted by atomic mass is 10.2. The molecule has 0 aliphatic rings. The summed E-state index contributed by atoms with van der Waals surface area (Å²) in [4.78, 5) is 4.04. The van der Waals surface area contributed by atoms with Crippen LogP contribution >= 0.6 is 15.9 Å². The minimum Gasteiger partial charge on any atom is -0.480 e. The maximum atomic E-state index is 5.03. The lowest BCUT2D eigenvalue weighted by molar-refractivity contribution is 0.394. The molecule has 0 N–H and O–H groups in total. The molecule has 0 saturated carbocycles. The Balaban J connectivity index is 3.10. The van der Waals surface area contributed by atoms with Crippen LogP contribution in [0.5, 0.6) is 5.88 Å². The van der Waals surface area contributed by atoms with E-state index in [1.54, 1.807) is 13.3 Å². The van der Waals surface area contributed by atoms with Gasteiger partial charge in [0.15, 0.2) is 0 Å². The van der Waals surface area contributed by atoms with E-state index in [1.165, 1.54) is 5.56 Å². The monoisotopic (exact) mass is 215 g/mol. The first kappa shape index (κ1) is 8.53. The van der Waals surface area contributed by atoms with Crippen LogP contribution in [0.1, 0.15) is 12.5 Å². The van der Waals surface area contributed by atoms with Crippen molar-refractivity contribution in [1.29, 1.82) is 0 Å². The number of hydrogen-bond acceptors (Lipinski definition) is 2. The van der Waals surface area contributed by atoms with Gasteiger partial charge in [-0.2, -0.15) is 0 Å². The van der Waals surface area contributed by atoms with Gasteiger partial charge in [0.25, 0.3) is 0 Å². The van der Waals surface area contributed by atoms with Crippen LogP contribution in [0, 0.1) is 0 Å². The van der Waals surface area contributed by atoms with Crippen LogP contribution in [0.15, 0.2) is 16.7 Å². The van der Waals surface area contributed by atoms with Gasteiger partial charge in [0.05, 0.1) is 11.6 Å². The molecule has 0 atom stereocenters. The van der Waals surface area contributed by atoms with Crippen molar-refractivity contribution in [2.45, 2.75) is 13.3 Å². The fourth-order valence-corrected chi connectivity index (χ4v) is 1.55. The summed E-state index contributed by atoms with van der Waals surface area (Å²) in [6.45, 7) is 2.10. The Kier molecular flexibility index (Phi) is 2.88. The van der Waals surface area contributed by atoms with Crippen LogP contribution in [0.2, 0.25) is 0 Å². The molecule has 60 valence electrons. The normalized spacial score (nSPS) is 9.73. The Labute approximate surface area is 74.7 Å². The quantitative estimate of drug-likeness (QED) is 0.757. The van der Waals surface area contributed by atoms with Crippen molar-refractivity contribution < 1.29 is 4.74 Å². The van der Waals surface area contributed by atoms with Crippen molar-refractivity contribution in [3.05, 3.63) is 22.3 Å². The molecule has 0 fully saturated rings. The Morgan fingerprint density at radius 3 is 2.91 bits per heavy atom. The molecule has 0 unspecified atom stereocenters. The number of methoxy groups -OCH3 is 1. The molecule has 2 nitrogen and oxygen atoms in total. The highest BCUT2D eigenvalue weighted by atomic mass is 79.9. The molecule has 0 aromatic carbocycles. The topological polar surface area (TPSA) is 22.1 Å². The van der Waals surface area contributed by atoms with E-state index in [0.29, 0.717) is 5.88 Å². The molecule has 0 radical (unpaired) electrons. The summed E-state index contributed by atoms with van der Waals surface area (Å²) in [5.41, 5.74) is 1.22. The summed E-state index contributed by atoms with van der Waals surface area (Å²) in [6.07, 6.45) is 2.74. The summed E-state index contributed by atoms with van der Waals surface area (Å²) < 4.78 is 5.99. The molecule has 11 heavy (non-hydrogen) atoms. The van der Waals surface area contributed by atoms with Gasteiger partial charge in [-0.15, -0.1) is 0 Å². The van der Waals surface area contributed by atoms with E-state index in [4.69, 9.17) is 4.74 Å². The molecule has 1 rings (SSSR count). The number of aryl methyl sites for hydroxylation is 1. The molecule has 0 bridgehead atoms. The summed E-state index contributed by atoms with van der Waals surface area (Å²) >= 11 is 3.41. The molecule has 1 aromatic rings. The highest BCUT2D eigenvalue weighted by molar-refractivity contribution is 9.10. The summed E-state index contributed by atoms with van der Waals surface area (Å²) in [5.74, 6) is 0.657. The molecule has 0 aliphatic carbocycles. The fourth-order valence-electron chi connectivity index (χ4n) is 0.877. The number of pyridine rings is 1. The predicted octanol–water partition coefficient (Wildman–Crippen LogP) is 2.42. The van der Waals surface area contributed by atoms with Crippen LogP contribution in [0.3, 0.4) is 0 Å². The molecular formula is C8H10BrNO. The Hall–Kier alpha value is -0.570. The van der Waals surface area contributed by atoms with Crippen molar-refractivity contribution >= 4 is 15.9 Å². The average molecular weight is 216 g/mol. The fraction of sp³-hybridized carbons (Fsp3) is 0.375. The van der Waals surface area contributed by atoms with Gasteiger partial charge in [-0.05, 0) is 34.0 Å². The van der Waals surface area contributed by atoms with Crippen molar-refractivity contribution in [3.8, 4) is 5.88 Å². The molecule has 1 heterocycles. The van der Waals surface area contributed by atoms with Gasteiger partial charge in [-0.3, -0.25) is 0 Å². The number of aromatic nitrogens is 1. The lowest BCUT2D eigenvalue weighted by Gasteiger charge is -2.04. The molecule has 0 spiro atoms. The number of ether oxygens (including phenoxy) is 1. The highest BCUT2D eigenvalue weighted by Gasteiger charge is 2.03. The minimum atomic E-state index is 0.657. The third kappa shape index (κ3) is 1.71. The molecule has 0 saturated heterocycles. The number of rotatable bonds is 2. The second-order valence-corrected chi connectivity index (χ2v) is 2.94. The third-order valence-electron chi connectivity index (χ3n) is 1.51. The van der Waals surface area contributed by atoms with Gasteiger partial charge in [-0.1, -0.05) is 6.92 Å². The maximum Gasteiger partial charge on any atom is 0.227 e. The summed E-state index contributed by atoms with van der Waals surface area (Å²) in [6, 6.07) is 1.98. The number of hydrogen-bond donors (Lipinski definition) is 0. The van der Waals surface area contributed by atoms with Crippen molar-refractivity contribution in [3.63, 3.8) is 0 Å². The number of halogens is 1. The van der Waals surface area contributed by atoms with Gasteiger partial charge in [0, 0.05) is 6.20 Å². The first-order valence-corrected chi connectivity index (χ1v) is 4.26. The van der Waals surface area contributed by atoms with Gasteiger partial charge >= 0.3 is 0 Å². The zero-order chi connectivity index (χ0) is 8.27. The van der Waals surface area contributed by atoms with E-state index in [-0.39, 0.29) is 0 Å². The Bertz CT molecular complexity index is 228. The van der Waals surface area contributed by atoms with Crippen LogP contribution in [-0.4, -0.2) is 12.1 Å². The molecule has 0 amide bonds. The van der Waals surface area contributed by atoms with E-state index in [9.17, 15) is 0 Å². The van der Waals surface area contributed by atoms with E-state index >= 15 is 0 Å². The van der Waals surface area contributed by atoms with Crippen LogP contribution < -0.4 is 4.74 Å². The van der Waals surface area contributed by atoms with Gasteiger partial charge < -0.3 is 4.74 Å². The van der Waals surface area contributed by atoms with Crippen LogP contribution in [-0.2, 0) is 6.42 Å². The molecular weight excluding hydrogens is 206 g/mol. The standard InChI is InChI=1S/C8H10BrNO/c1-3-6-4-5-10-8(11-2)7(6)9/h4-5H,3H2,1-2H3.